The van der Waals surface area contributed by atoms with Crippen LogP contribution in [0, 0.1) is 0 Å². The smallest absolute Gasteiger partial charge is 0.294 e. The van der Waals surface area contributed by atoms with Crippen molar-refractivity contribution in [2.24, 2.45) is 0 Å². The van der Waals surface area contributed by atoms with Gasteiger partial charge in [-0.1, -0.05) is 48.5 Å². The standard InChI is InChI=1S/C22H22N2O5S/c1-28-12-11-23-20(25)14-24-21(26)19(30-22(24)27)13-17-9-5-6-10-18(17)29-15-16-7-3-2-4-8-16/h2-10,13H,11-12,14-15H2,1H3,(H,23,25)/b19-13-. The van der Waals surface area contributed by atoms with Crippen LogP contribution in [0.5, 0.6) is 5.75 Å². The fourth-order valence-corrected chi connectivity index (χ4v) is 3.57. The van der Waals surface area contributed by atoms with Crippen molar-refractivity contribution in [3.8, 4) is 5.75 Å². The van der Waals surface area contributed by atoms with Crippen LogP contribution in [0.1, 0.15) is 11.1 Å². The maximum Gasteiger partial charge on any atom is 0.294 e. The number of amides is 3. The highest BCUT2D eigenvalue weighted by atomic mass is 32.2. The summed E-state index contributed by atoms with van der Waals surface area (Å²) in [5.74, 6) is -0.308. The Hall–Kier alpha value is -3.10. The average Bonchev–Trinajstić information content (AvgIpc) is 3.01. The molecule has 0 spiro atoms. The molecule has 3 rings (SSSR count). The highest BCUT2D eigenvalue weighted by Gasteiger charge is 2.36. The van der Waals surface area contributed by atoms with Crippen LogP contribution in [-0.2, 0) is 20.9 Å². The normalized spacial score (nSPS) is 15.0. The highest BCUT2D eigenvalue weighted by molar-refractivity contribution is 8.18. The van der Waals surface area contributed by atoms with Gasteiger partial charge in [-0.15, -0.1) is 0 Å². The Balaban J connectivity index is 1.69. The molecule has 1 saturated heterocycles. The number of methoxy groups -OCH3 is 1. The predicted molar refractivity (Wildman–Crippen MR) is 115 cm³/mol. The van der Waals surface area contributed by atoms with Gasteiger partial charge in [0.15, 0.2) is 0 Å². The molecule has 1 heterocycles. The number of para-hydroxylation sites is 1. The number of hydrogen-bond donors (Lipinski definition) is 1. The minimum atomic E-state index is -0.496. The van der Waals surface area contributed by atoms with Gasteiger partial charge in [0.05, 0.1) is 11.5 Å². The zero-order valence-electron chi connectivity index (χ0n) is 16.5. The number of nitrogens with zero attached hydrogens (tertiary/aromatic N) is 1. The lowest BCUT2D eigenvalue weighted by Crippen LogP contribution is -2.40. The minimum Gasteiger partial charge on any atom is -0.488 e. The number of benzene rings is 2. The summed E-state index contributed by atoms with van der Waals surface area (Å²) in [5.41, 5.74) is 1.70. The maximum atomic E-state index is 12.6. The Kier molecular flexibility index (Phi) is 7.64. The average molecular weight is 426 g/mol. The SMILES string of the molecule is COCCNC(=O)CN1C(=O)S/C(=C\c2ccccc2OCc2ccccc2)C1=O. The minimum absolute atomic E-state index is 0.250. The third-order valence-electron chi connectivity index (χ3n) is 4.25. The van der Waals surface area contributed by atoms with E-state index in [4.69, 9.17) is 9.47 Å². The molecule has 0 atom stereocenters. The van der Waals surface area contributed by atoms with Crippen molar-refractivity contribution in [1.82, 2.24) is 10.2 Å². The van der Waals surface area contributed by atoms with E-state index >= 15 is 0 Å². The summed E-state index contributed by atoms with van der Waals surface area (Å²) in [5, 5.41) is 2.12. The van der Waals surface area contributed by atoms with E-state index in [0.29, 0.717) is 31.1 Å². The lowest BCUT2D eigenvalue weighted by Gasteiger charge is -2.12. The van der Waals surface area contributed by atoms with Crippen molar-refractivity contribution in [1.29, 1.82) is 0 Å². The molecule has 30 heavy (non-hydrogen) atoms. The van der Waals surface area contributed by atoms with Gasteiger partial charge < -0.3 is 14.8 Å². The first-order valence-corrected chi connectivity index (χ1v) is 10.2. The van der Waals surface area contributed by atoms with E-state index in [0.717, 1.165) is 22.2 Å². The molecule has 0 unspecified atom stereocenters. The van der Waals surface area contributed by atoms with E-state index in [1.807, 2.05) is 54.6 Å². The van der Waals surface area contributed by atoms with Crippen molar-refractivity contribution in [3.63, 3.8) is 0 Å². The molecular formula is C22H22N2O5S. The van der Waals surface area contributed by atoms with Crippen LogP contribution in [0.3, 0.4) is 0 Å². The summed E-state index contributed by atoms with van der Waals surface area (Å²) in [4.78, 5) is 38.0. The van der Waals surface area contributed by atoms with Gasteiger partial charge in [-0.05, 0) is 29.5 Å². The van der Waals surface area contributed by atoms with Crippen LogP contribution in [0.25, 0.3) is 6.08 Å². The van der Waals surface area contributed by atoms with E-state index in [1.165, 1.54) is 7.11 Å². The first kappa shape index (κ1) is 21.6. The zero-order valence-corrected chi connectivity index (χ0v) is 17.3. The third-order valence-corrected chi connectivity index (χ3v) is 5.15. The number of nitrogens with one attached hydrogen (secondary N) is 1. The summed E-state index contributed by atoms with van der Waals surface area (Å²) >= 11 is 0.808. The van der Waals surface area contributed by atoms with Gasteiger partial charge in [-0.3, -0.25) is 19.3 Å². The molecule has 2 aromatic rings. The molecule has 0 radical (unpaired) electrons. The van der Waals surface area contributed by atoms with E-state index in [1.54, 1.807) is 6.08 Å². The molecule has 0 bridgehead atoms. The van der Waals surface area contributed by atoms with Crippen LogP contribution in [0.15, 0.2) is 59.5 Å². The number of rotatable bonds is 9. The van der Waals surface area contributed by atoms with Crippen molar-refractivity contribution in [3.05, 3.63) is 70.6 Å². The third kappa shape index (κ3) is 5.71. The summed E-state index contributed by atoms with van der Waals surface area (Å²) in [6, 6.07) is 17.0. The molecule has 1 fully saturated rings. The Morgan fingerprint density at radius 1 is 1.10 bits per heavy atom. The first-order valence-electron chi connectivity index (χ1n) is 9.35. The fourth-order valence-electron chi connectivity index (χ4n) is 2.74. The van der Waals surface area contributed by atoms with Gasteiger partial charge in [0.1, 0.15) is 18.9 Å². The van der Waals surface area contributed by atoms with Crippen molar-refractivity contribution in [2.45, 2.75) is 6.61 Å². The van der Waals surface area contributed by atoms with Crippen molar-refractivity contribution in [2.75, 3.05) is 26.8 Å². The number of imide groups is 1. The van der Waals surface area contributed by atoms with Crippen LogP contribution in [0.2, 0.25) is 0 Å². The molecule has 1 aliphatic rings. The van der Waals surface area contributed by atoms with E-state index in [9.17, 15) is 14.4 Å². The van der Waals surface area contributed by atoms with E-state index in [2.05, 4.69) is 5.32 Å². The van der Waals surface area contributed by atoms with Gasteiger partial charge in [0.2, 0.25) is 5.91 Å². The molecule has 0 aliphatic carbocycles. The number of hydrogen-bond acceptors (Lipinski definition) is 6. The fraction of sp³-hybridized carbons (Fsp3) is 0.227. The molecule has 2 aromatic carbocycles. The van der Waals surface area contributed by atoms with Crippen LogP contribution >= 0.6 is 11.8 Å². The largest absolute Gasteiger partial charge is 0.488 e. The summed E-state index contributed by atoms with van der Waals surface area (Å²) in [6.45, 7) is 0.730. The van der Waals surface area contributed by atoms with Gasteiger partial charge in [-0.25, -0.2) is 0 Å². The second-order valence-electron chi connectivity index (χ2n) is 6.42. The molecule has 1 aliphatic heterocycles. The molecule has 1 N–H and O–H groups in total. The van der Waals surface area contributed by atoms with Crippen LogP contribution in [0.4, 0.5) is 4.79 Å². The van der Waals surface area contributed by atoms with Gasteiger partial charge >= 0.3 is 0 Å². The Morgan fingerprint density at radius 2 is 1.83 bits per heavy atom. The topological polar surface area (TPSA) is 84.9 Å². The Morgan fingerprint density at radius 3 is 2.60 bits per heavy atom. The van der Waals surface area contributed by atoms with E-state index in [-0.39, 0.29) is 11.4 Å². The summed E-state index contributed by atoms with van der Waals surface area (Å²) < 4.78 is 10.8. The van der Waals surface area contributed by atoms with Gasteiger partial charge in [0, 0.05) is 19.2 Å². The summed E-state index contributed by atoms with van der Waals surface area (Å²) in [7, 11) is 1.52. The van der Waals surface area contributed by atoms with Crippen LogP contribution < -0.4 is 10.1 Å². The molecule has 8 heteroatoms. The molecular weight excluding hydrogens is 404 g/mol. The number of carbonyl (C=O) groups is 3. The number of thioether (sulfide) groups is 1. The lowest BCUT2D eigenvalue weighted by molar-refractivity contribution is -0.129. The van der Waals surface area contributed by atoms with Crippen LogP contribution in [-0.4, -0.2) is 48.8 Å². The van der Waals surface area contributed by atoms with Gasteiger partial charge in [-0.2, -0.15) is 0 Å². The Bertz CT molecular complexity index is 946. The molecule has 0 aromatic heterocycles. The molecule has 0 saturated carbocycles. The van der Waals surface area contributed by atoms with Crippen molar-refractivity contribution >= 4 is 34.9 Å². The summed E-state index contributed by atoms with van der Waals surface area (Å²) in [6.07, 6.45) is 1.62. The monoisotopic (exact) mass is 426 g/mol. The Labute approximate surface area is 179 Å². The second-order valence-corrected chi connectivity index (χ2v) is 7.42. The molecule has 156 valence electrons. The number of ether oxygens (including phenoxy) is 2. The second kappa shape index (κ2) is 10.6. The predicted octanol–water partition coefficient (Wildman–Crippen LogP) is 3.06. The number of carbonyl (C=O) groups excluding carboxylic acids is 3. The molecule has 7 nitrogen and oxygen atoms in total. The van der Waals surface area contributed by atoms with Crippen molar-refractivity contribution < 1.29 is 23.9 Å². The maximum absolute atomic E-state index is 12.6. The quantitative estimate of drug-likeness (QED) is 0.490. The van der Waals surface area contributed by atoms with Gasteiger partial charge in [0.25, 0.3) is 11.1 Å². The highest BCUT2D eigenvalue weighted by Crippen LogP contribution is 2.33. The zero-order chi connectivity index (χ0) is 21.3. The van der Waals surface area contributed by atoms with E-state index < -0.39 is 17.1 Å². The lowest BCUT2D eigenvalue weighted by atomic mass is 10.1. The molecule has 3 amide bonds. The first-order chi connectivity index (χ1) is 14.6.